The molecule has 1 aliphatic heterocycles. The zero-order chi connectivity index (χ0) is 44.2. The minimum atomic E-state index is -0.668. The van der Waals surface area contributed by atoms with Gasteiger partial charge in [0.05, 0.1) is 42.3 Å². The van der Waals surface area contributed by atoms with Crippen LogP contribution < -0.4 is 26.8 Å². The molecule has 1 saturated heterocycles. The lowest BCUT2D eigenvalue weighted by Gasteiger charge is -2.26. The van der Waals surface area contributed by atoms with E-state index in [1.807, 2.05) is 53.7 Å². The standard InChI is InChI=1S/C42H52N14O6/c1-24(2)55-32(18-26(5)50-55)39(59)48-41-46-30-20-28(36(43)57)22-34(62-15-9-10-52-13-16-61-17-14-52)35(30)53(41)11-7-8-12-54-38-31(21-29(23-45-38)37(44)58)47-42(54)49-40(60)33-19-27(6)51-56(33)25(3)4/h7-8,18-25H,9-17H2,1-6H3,(H2,43,57)(H2,44,58)(H,46,48,59)(H,47,49,60). The van der Waals surface area contributed by atoms with Crippen LogP contribution in [0.4, 0.5) is 11.9 Å². The number of nitrogens with two attached hydrogens (primary N) is 2. The Balaban J connectivity index is 1.23. The smallest absolute Gasteiger partial charge is 0.276 e. The van der Waals surface area contributed by atoms with Crippen molar-refractivity contribution in [2.45, 2.75) is 73.1 Å². The number of anilines is 2. The minimum absolute atomic E-state index is 0.0789. The third-order valence-corrected chi connectivity index (χ3v) is 10.3. The molecule has 6 aromatic rings. The molecule has 0 saturated carbocycles. The molecule has 6 heterocycles. The van der Waals surface area contributed by atoms with Crippen molar-refractivity contribution in [3.8, 4) is 5.75 Å². The minimum Gasteiger partial charge on any atom is -0.491 e. The SMILES string of the molecule is Cc1cc(C(=O)Nc2nc3cc(C(N)=O)cnc3n2CC=CCn2c(NC(=O)c3cc(C)nn3C(C)C)nc3cc(C(N)=O)cc(OCCCN4CCOCC4)c32)n(C(C)C)n1. The van der Waals surface area contributed by atoms with Crippen LogP contribution in [-0.2, 0) is 17.8 Å². The van der Waals surface area contributed by atoms with Crippen molar-refractivity contribution in [1.82, 2.24) is 48.5 Å². The van der Waals surface area contributed by atoms with Crippen LogP contribution >= 0.6 is 0 Å². The van der Waals surface area contributed by atoms with Crippen molar-refractivity contribution < 1.29 is 28.7 Å². The Kier molecular flexibility index (Phi) is 12.8. The number of hydrogen-bond donors (Lipinski definition) is 4. The van der Waals surface area contributed by atoms with E-state index >= 15 is 0 Å². The number of fused-ring (bicyclic) bond motifs is 2. The molecule has 0 bridgehead atoms. The lowest BCUT2D eigenvalue weighted by molar-refractivity contribution is 0.0358. The fourth-order valence-electron chi connectivity index (χ4n) is 7.32. The number of aryl methyl sites for hydroxylation is 2. The number of nitrogens with zero attached hydrogens (tertiary/aromatic N) is 10. The Morgan fingerprint density at radius 2 is 1.32 bits per heavy atom. The first-order chi connectivity index (χ1) is 29.7. The Hall–Kier alpha value is -6.93. The van der Waals surface area contributed by atoms with E-state index in [2.05, 4.69) is 35.7 Å². The molecule has 1 aliphatic rings. The molecule has 7 rings (SSSR count). The van der Waals surface area contributed by atoms with E-state index in [-0.39, 0.29) is 48.2 Å². The van der Waals surface area contributed by atoms with Gasteiger partial charge < -0.3 is 25.5 Å². The number of benzene rings is 1. The topological polar surface area (TPSA) is 250 Å². The van der Waals surface area contributed by atoms with Gasteiger partial charge in [-0.1, -0.05) is 12.2 Å². The van der Waals surface area contributed by atoms with Crippen LogP contribution in [0.2, 0.25) is 0 Å². The van der Waals surface area contributed by atoms with E-state index in [4.69, 9.17) is 25.9 Å². The zero-order valence-electron chi connectivity index (χ0n) is 35.7. The molecule has 20 nitrogen and oxygen atoms in total. The fraction of sp³-hybridized carbons (Fsp3) is 0.405. The average Bonchev–Trinajstić information content (AvgIpc) is 4.01. The van der Waals surface area contributed by atoms with E-state index in [1.165, 1.54) is 12.3 Å². The molecular weight excluding hydrogens is 797 g/mol. The molecule has 326 valence electrons. The largest absolute Gasteiger partial charge is 0.491 e. The van der Waals surface area contributed by atoms with Gasteiger partial charge in [0.15, 0.2) is 5.65 Å². The molecule has 6 N–H and O–H groups in total. The Bertz CT molecular complexity index is 2680. The number of nitrogens with one attached hydrogen (secondary N) is 2. The van der Waals surface area contributed by atoms with Gasteiger partial charge in [0, 0.05) is 56.6 Å². The molecule has 4 amide bonds. The van der Waals surface area contributed by atoms with Crippen molar-refractivity contribution in [2.75, 3.05) is 50.1 Å². The van der Waals surface area contributed by atoms with Crippen LogP contribution in [0.5, 0.6) is 5.75 Å². The monoisotopic (exact) mass is 848 g/mol. The predicted octanol–water partition coefficient (Wildman–Crippen LogP) is 4.01. The number of hydrogen-bond acceptors (Lipinski definition) is 12. The van der Waals surface area contributed by atoms with E-state index in [0.717, 1.165) is 19.6 Å². The Morgan fingerprint density at radius 1 is 0.774 bits per heavy atom. The van der Waals surface area contributed by atoms with Crippen molar-refractivity contribution in [3.63, 3.8) is 0 Å². The zero-order valence-corrected chi connectivity index (χ0v) is 35.7. The molecular formula is C42H52N14O6. The summed E-state index contributed by atoms with van der Waals surface area (Å²) in [5.74, 6) is -1.43. The second-order valence-corrected chi connectivity index (χ2v) is 15.7. The van der Waals surface area contributed by atoms with Gasteiger partial charge in [-0.2, -0.15) is 10.2 Å². The molecule has 62 heavy (non-hydrogen) atoms. The number of allylic oxidation sites excluding steroid dienone is 2. The molecule has 0 spiro atoms. The molecule has 0 radical (unpaired) electrons. The maximum Gasteiger partial charge on any atom is 0.276 e. The fourth-order valence-corrected chi connectivity index (χ4v) is 7.32. The quantitative estimate of drug-likeness (QED) is 0.0751. The summed E-state index contributed by atoms with van der Waals surface area (Å²) in [5, 5.41) is 14.9. The van der Waals surface area contributed by atoms with Gasteiger partial charge in [0.25, 0.3) is 11.8 Å². The summed E-state index contributed by atoms with van der Waals surface area (Å²) in [6, 6.07) is 7.92. The number of carbonyl (C=O) groups is 4. The van der Waals surface area contributed by atoms with Crippen LogP contribution in [0.3, 0.4) is 0 Å². The van der Waals surface area contributed by atoms with Gasteiger partial charge in [-0.25, -0.2) is 15.0 Å². The number of primary amides is 2. The van der Waals surface area contributed by atoms with Crippen LogP contribution in [0.25, 0.3) is 22.2 Å². The van der Waals surface area contributed by atoms with Crippen LogP contribution in [0, 0.1) is 13.8 Å². The van der Waals surface area contributed by atoms with E-state index in [9.17, 15) is 19.2 Å². The van der Waals surface area contributed by atoms with Gasteiger partial charge in [0.1, 0.15) is 28.2 Å². The lowest BCUT2D eigenvalue weighted by Crippen LogP contribution is -2.37. The summed E-state index contributed by atoms with van der Waals surface area (Å²) in [4.78, 5) is 68.4. The number of morpholine rings is 1. The highest BCUT2D eigenvalue weighted by atomic mass is 16.5. The first-order valence-electron chi connectivity index (χ1n) is 20.5. The lowest BCUT2D eigenvalue weighted by atomic mass is 10.1. The highest BCUT2D eigenvalue weighted by molar-refractivity contribution is 6.05. The van der Waals surface area contributed by atoms with Crippen molar-refractivity contribution in [3.05, 3.63) is 82.6 Å². The van der Waals surface area contributed by atoms with Crippen LogP contribution in [0.1, 0.15) is 99.3 Å². The third kappa shape index (κ3) is 9.35. The van der Waals surface area contributed by atoms with Crippen LogP contribution in [0.15, 0.2) is 48.7 Å². The third-order valence-electron chi connectivity index (χ3n) is 10.3. The van der Waals surface area contributed by atoms with Gasteiger partial charge in [0.2, 0.25) is 23.7 Å². The number of pyridine rings is 1. The number of rotatable bonds is 17. The van der Waals surface area contributed by atoms with Crippen LogP contribution in [-0.4, -0.2) is 112 Å². The first-order valence-corrected chi connectivity index (χ1v) is 20.5. The van der Waals surface area contributed by atoms with E-state index in [0.29, 0.717) is 77.0 Å². The molecule has 5 aromatic heterocycles. The van der Waals surface area contributed by atoms with Gasteiger partial charge in [-0.3, -0.25) is 48.6 Å². The maximum absolute atomic E-state index is 13.9. The molecule has 0 unspecified atom stereocenters. The number of amides is 4. The number of imidazole rings is 2. The van der Waals surface area contributed by atoms with Gasteiger partial charge >= 0.3 is 0 Å². The molecule has 0 atom stereocenters. The number of aromatic nitrogens is 9. The summed E-state index contributed by atoms with van der Waals surface area (Å²) in [5.41, 5.74) is 15.4. The van der Waals surface area contributed by atoms with Gasteiger partial charge in [-0.15, -0.1) is 0 Å². The van der Waals surface area contributed by atoms with E-state index in [1.54, 1.807) is 42.8 Å². The Labute approximate surface area is 357 Å². The second kappa shape index (κ2) is 18.4. The normalized spacial score (nSPS) is 13.5. The van der Waals surface area contributed by atoms with E-state index < -0.39 is 23.6 Å². The summed E-state index contributed by atoms with van der Waals surface area (Å²) in [6.07, 6.45) is 5.77. The first kappa shape index (κ1) is 43.2. The summed E-state index contributed by atoms with van der Waals surface area (Å²) in [6.45, 7) is 15.9. The van der Waals surface area contributed by atoms with Crippen molar-refractivity contribution in [2.24, 2.45) is 11.5 Å². The maximum atomic E-state index is 13.9. The highest BCUT2D eigenvalue weighted by Gasteiger charge is 2.24. The molecule has 1 aromatic carbocycles. The summed E-state index contributed by atoms with van der Waals surface area (Å²) < 4.78 is 18.6. The predicted molar refractivity (Wildman–Crippen MR) is 231 cm³/mol. The summed E-state index contributed by atoms with van der Waals surface area (Å²) >= 11 is 0. The summed E-state index contributed by atoms with van der Waals surface area (Å²) in [7, 11) is 0. The van der Waals surface area contributed by atoms with Crippen molar-refractivity contribution >= 4 is 57.7 Å². The Morgan fingerprint density at radius 3 is 1.90 bits per heavy atom. The highest BCUT2D eigenvalue weighted by Crippen LogP contribution is 2.32. The average molecular weight is 849 g/mol. The molecule has 1 fully saturated rings. The molecule has 0 aliphatic carbocycles. The second-order valence-electron chi connectivity index (χ2n) is 15.7. The number of carbonyl (C=O) groups excluding carboxylic acids is 4. The van der Waals surface area contributed by atoms with Crippen molar-refractivity contribution in [1.29, 1.82) is 0 Å². The number of ether oxygens (including phenoxy) is 2. The molecule has 20 heteroatoms. The van der Waals surface area contributed by atoms with Gasteiger partial charge in [-0.05, 0) is 78.3 Å².